The molecule has 0 radical (unpaired) electrons. The molecule has 1 atom stereocenters. The largest absolute Gasteiger partial charge is 0.354 e. The second kappa shape index (κ2) is 7.44. The molecule has 0 aromatic carbocycles. The normalized spacial score (nSPS) is 12.8. The summed E-state index contributed by atoms with van der Waals surface area (Å²) < 4.78 is 10.4. The van der Waals surface area contributed by atoms with Crippen molar-refractivity contribution in [1.29, 1.82) is 0 Å². The molecule has 108 valence electrons. The van der Waals surface area contributed by atoms with Crippen LogP contribution in [0.15, 0.2) is 29.8 Å². The van der Waals surface area contributed by atoms with Gasteiger partial charge >= 0.3 is 0 Å². The van der Waals surface area contributed by atoms with Gasteiger partial charge in [-0.1, -0.05) is 6.07 Å². The van der Waals surface area contributed by atoms with E-state index >= 15 is 0 Å². The van der Waals surface area contributed by atoms with Gasteiger partial charge in [-0.25, -0.2) is 4.98 Å². The van der Waals surface area contributed by atoms with Crippen molar-refractivity contribution in [2.75, 3.05) is 14.2 Å². The van der Waals surface area contributed by atoms with Crippen molar-refractivity contribution in [2.24, 2.45) is 0 Å². The van der Waals surface area contributed by atoms with Crippen LogP contribution >= 0.6 is 11.3 Å². The van der Waals surface area contributed by atoms with E-state index < -0.39 is 0 Å². The molecule has 0 aliphatic heterocycles. The highest BCUT2D eigenvalue weighted by Gasteiger charge is 2.15. The van der Waals surface area contributed by atoms with Gasteiger partial charge in [-0.15, -0.1) is 11.3 Å². The molecule has 0 aliphatic carbocycles. The molecule has 1 N–H and O–H groups in total. The summed E-state index contributed by atoms with van der Waals surface area (Å²) in [6, 6.07) is 5.91. The second-order valence-electron chi connectivity index (χ2n) is 4.37. The number of nitrogens with one attached hydrogen (secondary N) is 1. The Morgan fingerprint density at radius 2 is 2.10 bits per heavy atom. The number of thiazole rings is 1. The predicted octanol–water partition coefficient (Wildman–Crippen LogP) is 2.30. The molecule has 2 aromatic rings. The van der Waals surface area contributed by atoms with Gasteiger partial charge in [-0.05, 0) is 19.1 Å². The number of hydrogen-bond acceptors (Lipinski definition) is 6. The van der Waals surface area contributed by atoms with E-state index in [0.29, 0.717) is 6.54 Å². The number of aromatic nitrogens is 2. The number of hydrogen-bond donors (Lipinski definition) is 1. The van der Waals surface area contributed by atoms with E-state index in [4.69, 9.17) is 9.47 Å². The zero-order valence-electron chi connectivity index (χ0n) is 11.9. The summed E-state index contributed by atoms with van der Waals surface area (Å²) in [6.45, 7) is 2.69. The lowest BCUT2D eigenvalue weighted by molar-refractivity contribution is -0.119. The first-order valence-electron chi connectivity index (χ1n) is 6.39. The quantitative estimate of drug-likeness (QED) is 0.794. The maximum Gasteiger partial charge on any atom is 0.171 e. The third-order valence-electron chi connectivity index (χ3n) is 2.91. The van der Waals surface area contributed by atoms with Gasteiger partial charge in [0.1, 0.15) is 5.01 Å². The van der Waals surface area contributed by atoms with Crippen molar-refractivity contribution < 1.29 is 9.47 Å². The zero-order valence-corrected chi connectivity index (χ0v) is 12.7. The molecule has 0 aliphatic rings. The minimum atomic E-state index is -0.260. The third kappa shape index (κ3) is 3.83. The molecule has 0 saturated heterocycles. The highest BCUT2D eigenvalue weighted by molar-refractivity contribution is 7.13. The molecule has 1 unspecified atom stereocenters. The van der Waals surface area contributed by atoms with Gasteiger partial charge < -0.3 is 14.8 Å². The molecule has 5 nitrogen and oxygen atoms in total. The second-order valence-corrected chi connectivity index (χ2v) is 5.23. The molecule has 2 rings (SSSR count). The summed E-state index contributed by atoms with van der Waals surface area (Å²) in [5.41, 5.74) is 1.90. The molecule has 0 fully saturated rings. The van der Waals surface area contributed by atoms with Crippen molar-refractivity contribution >= 4 is 11.3 Å². The molecule has 0 amide bonds. The van der Waals surface area contributed by atoms with Crippen molar-refractivity contribution in [1.82, 2.24) is 15.3 Å². The summed E-state index contributed by atoms with van der Waals surface area (Å²) in [7, 11) is 3.27. The number of ether oxygens (including phenoxy) is 2. The Balaban J connectivity index is 1.94. The third-order valence-corrected chi connectivity index (χ3v) is 3.83. The van der Waals surface area contributed by atoms with Crippen LogP contribution in [0.25, 0.3) is 10.7 Å². The van der Waals surface area contributed by atoms with Gasteiger partial charge in [0.25, 0.3) is 0 Å². The van der Waals surface area contributed by atoms with Gasteiger partial charge in [-0.2, -0.15) is 0 Å². The standard InChI is InChI=1S/C14H19N3O2S/c1-10(14(18-2)19-3)16-8-11-9-20-13(17-11)12-6-4-5-7-15-12/h4-7,9-10,14,16H,8H2,1-3H3. The monoisotopic (exact) mass is 293 g/mol. The summed E-state index contributed by atoms with van der Waals surface area (Å²) in [4.78, 5) is 8.88. The highest BCUT2D eigenvalue weighted by Crippen LogP contribution is 2.21. The molecule has 0 saturated carbocycles. The minimum absolute atomic E-state index is 0.0880. The molecule has 2 heterocycles. The Morgan fingerprint density at radius 3 is 2.75 bits per heavy atom. The van der Waals surface area contributed by atoms with Crippen molar-refractivity contribution in [3.63, 3.8) is 0 Å². The Morgan fingerprint density at radius 1 is 1.30 bits per heavy atom. The van der Waals surface area contributed by atoms with Gasteiger partial charge in [0.05, 0.1) is 17.4 Å². The van der Waals surface area contributed by atoms with E-state index in [-0.39, 0.29) is 12.3 Å². The summed E-state index contributed by atoms with van der Waals surface area (Å²) in [5, 5.41) is 6.31. The fraction of sp³-hybridized carbons (Fsp3) is 0.429. The predicted molar refractivity (Wildman–Crippen MR) is 79.5 cm³/mol. The lowest BCUT2D eigenvalue weighted by Gasteiger charge is -2.21. The molecule has 20 heavy (non-hydrogen) atoms. The fourth-order valence-corrected chi connectivity index (χ4v) is 2.66. The van der Waals surface area contributed by atoms with Crippen LogP contribution in [0, 0.1) is 0 Å². The average Bonchev–Trinajstić information content (AvgIpc) is 2.96. The van der Waals surface area contributed by atoms with Crippen molar-refractivity contribution in [3.05, 3.63) is 35.5 Å². The number of pyridine rings is 1. The topological polar surface area (TPSA) is 56.3 Å². The van der Waals surface area contributed by atoms with Gasteiger partial charge in [0.2, 0.25) is 0 Å². The van der Waals surface area contributed by atoms with Crippen LogP contribution in [-0.2, 0) is 16.0 Å². The van der Waals surface area contributed by atoms with Gasteiger partial charge in [0, 0.05) is 32.3 Å². The zero-order chi connectivity index (χ0) is 14.4. The Hall–Kier alpha value is -1.34. The molecular formula is C14H19N3O2S. The van der Waals surface area contributed by atoms with Crippen molar-refractivity contribution in [2.45, 2.75) is 25.8 Å². The van der Waals surface area contributed by atoms with Crippen LogP contribution in [0.3, 0.4) is 0 Å². The van der Waals surface area contributed by atoms with Gasteiger partial charge in [0.15, 0.2) is 6.29 Å². The first-order valence-corrected chi connectivity index (χ1v) is 7.27. The van der Waals surface area contributed by atoms with Gasteiger partial charge in [-0.3, -0.25) is 4.98 Å². The fourth-order valence-electron chi connectivity index (χ4n) is 1.86. The van der Waals surface area contributed by atoms with E-state index in [9.17, 15) is 0 Å². The Bertz CT molecular complexity index is 514. The van der Waals surface area contributed by atoms with E-state index in [2.05, 4.69) is 15.3 Å². The van der Waals surface area contributed by atoms with Crippen LogP contribution in [0.2, 0.25) is 0 Å². The SMILES string of the molecule is COC(OC)C(C)NCc1csc(-c2ccccn2)n1. The number of methoxy groups -OCH3 is 2. The first-order chi connectivity index (χ1) is 9.74. The lowest BCUT2D eigenvalue weighted by Crippen LogP contribution is -2.39. The molecule has 2 aromatic heterocycles. The van der Waals surface area contributed by atoms with Crippen LogP contribution in [0.1, 0.15) is 12.6 Å². The van der Waals surface area contributed by atoms with Crippen LogP contribution < -0.4 is 5.32 Å². The molecular weight excluding hydrogens is 274 g/mol. The molecule has 6 heteroatoms. The van der Waals surface area contributed by atoms with Crippen molar-refractivity contribution in [3.8, 4) is 10.7 Å². The van der Waals surface area contributed by atoms with E-state index in [1.54, 1.807) is 31.8 Å². The lowest BCUT2D eigenvalue weighted by atomic mass is 10.3. The van der Waals surface area contributed by atoms with Crippen LogP contribution in [-0.4, -0.2) is 36.5 Å². The Kier molecular flexibility index (Phi) is 5.60. The molecule has 0 spiro atoms. The van der Waals surface area contributed by atoms with Crippen LogP contribution in [0.4, 0.5) is 0 Å². The smallest absolute Gasteiger partial charge is 0.171 e. The van der Waals surface area contributed by atoms with E-state index in [0.717, 1.165) is 16.4 Å². The van der Waals surface area contributed by atoms with E-state index in [1.165, 1.54) is 0 Å². The first kappa shape index (κ1) is 15.1. The maximum atomic E-state index is 5.21. The number of rotatable bonds is 7. The summed E-state index contributed by atoms with van der Waals surface area (Å²) in [6.07, 6.45) is 1.52. The molecule has 0 bridgehead atoms. The van der Waals surface area contributed by atoms with E-state index in [1.807, 2.05) is 30.5 Å². The summed E-state index contributed by atoms with van der Waals surface area (Å²) >= 11 is 1.60. The van der Waals surface area contributed by atoms with Crippen LogP contribution in [0.5, 0.6) is 0 Å². The average molecular weight is 293 g/mol. The number of nitrogens with zero attached hydrogens (tertiary/aromatic N) is 2. The maximum absolute atomic E-state index is 5.21. The Labute approximate surface area is 123 Å². The highest BCUT2D eigenvalue weighted by atomic mass is 32.1. The summed E-state index contributed by atoms with van der Waals surface area (Å²) in [5.74, 6) is 0. The minimum Gasteiger partial charge on any atom is -0.354 e.